The smallest absolute Gasteiger partial charge is 0.228 e. The van der Waals surface area contributed by atoms with Gasteiger partial charge < -0.3 is 10.2 Å². The van der Waals surface area contributed by atoms with Crippen molar-refractivity contribution in [3.05, 3.63) is 69.5 Å². The predicted molar refractivity (Wildman–Crippen MR) is 119 cm³/mol. The highest BCUT2D eigenvalue weighted by atomic mass is 79.9. The first-order valence-electron chi connectivity index (χ1n) is 9.37. The van der Waals surface area contributed by atoms with Crippen LogP contribution in [0.4, 0.5) is 5.13 Å². The molecule has 2 heterocycles. The maximum absolute atomic E-state index is 12.8. The van der Waals surface area contributed by atoms with Gasteiger partial charge in [-0.1, -0.05) is 52.3 Å². The molecule has 29 heavy (non-hydrogen) atoms. The van der Waals surface area contributed by atoms with Gasteiger partial charge >= 0.3 is 0 Å². The normalized spacial score (nSPS) is 15.7. The van der Waals surface area contributed by atoms with Crippen molar-refractivity contribution in [2.24, 2.45) is 0 Å². The van der Waals surface area contributed by atoms with Crippen LogP contribution in [0.1, 0.15) is 30.5 Å². The van der Waals surface area contributed by atoms with Crippen LogP contribution < -0.4 is 5.32 Å². The van der Waals surface area contributed by atoms with Gasteiger partial charge in [-0.25, -0.2) is 4.98 Å². The summed E-state index contributed by atoms with van der Waals surface area (Å²) < 4.78 is 0.980. The van der Waals surface area contributed by atoms with Crippen molar-refractivity contribution in [3.63, 3.8) is 0 Å². The van der Waals surface area contributed by atoms with Gasteiger partial charge in [-0.2, -0.15) is 0 Å². The monoisotopic (exact) mass is 469 g/mol. The van der Waals surface area contributed by atoms with Gasteiger partial charge in [0.25, 0.3) is 0 Å². The Morgan fingerprint density at radius 3 is 2.86 bits per heavy atom. The maximum atomic E-state index is 12.8. The second-order valence-corrected chi connectivity index (χ2v) is 8.75. The van der Waals surface area contributed by atoms with Gasteiger partial charge in [0.05, 0.1) is 18.2 Å². The molecular weight excluding hydrogens is 450 g/mol. The molecule has 0 saturated heterocycles. The van der Waals surface area contributed by atoms with Gasteiger partial charge in [-0.3, -0.25) is 9.59 Å². The number of amides is 2. The van der Waals surface area contributed by atoms with Crippen molar-refractivity contribution in [2.45, 2.75) is 25.8 Å². The fourth-order valence-electron chi connectivity index (χ4n) is 3.71. The fourth-order valence-corrected chi connectivity index (χ4v) is 4.84. The van der Waals surface area contributed by atoms with Gasteiger partial charge in [0.15, 0.2) is 5.13 Å². The van der Waals surface area contributed by atoms with Crippen LogP contribution in [0.25, 0.3) is 11.3 Å². The van der Waals surface area contributed by atoms with Crippen LogP contribution in [0.5, 0.6) is 0 Å². The number of fused-ring (bicyclic) bond motifs is 1. The van der Waals surface area contributed by atoms with E-state index in [0.29, 0.717) is 11.7 Å². The quantitative estimate of drug-likeness (QED) is 0.581. The van der Waals surface area contributed by atoms with Gasteiger partial charge in [0.2, 0.25) is 11.8 Å². The molecular formula is C22H20BrN3O2S. The lowest BCUT2D eigenvalue weighted by Crippen LogP contribution is -2.40. The molecule has 1 unspecified atom stereocenters. The summed E-state index contributed by atoms with van der Waals surface area (Å²) in [6, 6.07) is 15.7. The molecule has 148 valence electrons. The Bertz CT molecular complexity index is 1070. The van der Waals surface area contributed by atoms with E-state index in [9.17, 15) is 9.59 Å². The zero-order valence-electron chi connectivity index (χ0n) is 15.9. The second-order valence-electron chi connectivity index (χ2n) is 6.98. The largest absolute Gasteiger partial charge is 0.335 e. The van der Waals surface area contributed by atoms with Crippen molar-refractivity contribution in [1.82, 2.24) is 9.88 Å². The van der Waals surface area contributed by atoms with Crippen molar-refractivity contribution < 1.29 is 9.59 Å². The molecule has 1 N–H and O–H groups in total. The summed E-state index contributed by atoms with van der Waals surface area (Å²) in [7, 11) is 0. The van der Waals surface area contributed by atoms with E-state index in [1.165, 1.54) is 16.9 Å². The van der Waals surface area contributed by atoms with E-state index in [-0.39, 0.29) is 24.3 Å². The molecule has 1 atom stereocenters. The average Bonchev–Trinajstić information content (AvgIpc) is 3.16. The van der Waals surface area contributed by atoms with Crippen molar-refractivity contribution in [2.75, 3.05) is 11.9 Å². The molecule has 2 aromatic carbocycles. The third-order valence-electron chi connectivity index (χ3n) is 5.07. The number of halogens is 1. The molecule has 7 heteroatoms. The van der Waals surface area contributed by atoms with Crippen LogP contribution in [-0.2, 0) is 16.0 Å². The Morgan fingerprint density at radius 1 is 1.24 bits per heavy atom. The standard InChI is InChI=1S/C22H20BrN3O2S/c1-14(27)26-10-9-15-5-2-3-8-18(15)20(26)12-21(28)25-22-24-19(13-29-22)16-6-4-7-17(23)11-16/h2-8,11,13,20H,9-10,12H2,1H3,(H,24,25,28). The van der Waals surface area contributed by atoms with Crippen LogP contribution in [0.15, 0.2) is 58.4 Å². The fraction of sp³-hybridized carbons (Fsp3) is 0.227. The molecule has 1 aromatic heterocycles. The molecule has 5 nitrogen and oxygen atoms in total. The highest BCUT2D eigenvalue weighted by Gasteiger charge is 2.30. The zero-order chi connectivity index (χ0) is 20.4. The van der Waals surface area contributed by atoms with Crippen molar-refractivity contribution in [1.29, 1.82) is 0 Å². The van der Waals surface area contributed by atoms with E-state index < -0.39 is 0 Å². The Labute approximate surface area is 181 Å². The lowest BCUT2D eigenvalue weighted by atomic mass is 9.90. The van der Waals surface area contributed by atoms with Crippen LogP contribution >= 0.6 is 27.3 Å². The molecule has 4 rings (SSSR count). The number of hydrogen-bond acceptors (Lipinski definition) is 4. The predicted octanol–water partition coefficient (Wildman–Crippen LogP) is 5.05. The number of rotatable bonds is 4. The van der Waals surface area contributed by atoms with Gasteiger partial charge in [-0.05, 0) is 29.7 Å². The molecule has 0 aliphatic carbocycles. The highest BCUT2D eigenvalue weighted by molar-refractivity contribution is 9.10. The number of carbonyl (C=O) groups excluding carboxylic acids is 2. The SMILES string of the molecule is CC(=O)N1CCc2ccccc2C1CC(=O)Nc1nc(-c2cccc(Br)c2)cs1. The first kappa shape index (κ1) is 19.8. The van der Waals surface area contributed by atoms with Gasteiger partial charge in [0, 0.05) is 28.9 Å². The Morgan fingerprint density at radius 2 is 2.07 bits per heavy atom. The first-order valence-corrected chi connectivity index (χ1v) is 11.0. The third-order valence-corrected chi connectivity index (χ3v) is 6.32. The molecule has 0 fully saturated rings. The molecule has 3 aromatic rings. The van der Waals surface area contributed by atoms with Crippen LogP contribution in [0.2, 0.25) is 0 Å². The van der Waals surface area contributed by atoms with Gasteiger partial charge in [-0.15, -0.1) is 11.3 Å². The minimum atomic E-state index is -0.248. The van der Waals surface area contributed by atoms with E-state index in [1.54, 1.807) is 11.8 Å². The van der Waals surface area contributed by atoms with E-state index in [1.807, 2.05) is 47.8 Å². The summed E-state index contributed by atoms with van der Waals surface area (Å²) in [6.07, 6.45) is 1.03. The van der Waals surface area contributed by atoms with Crippen LogP contribution in [0.3, 0.4) is 0 Å². The van der Waals surface area contributed by atoms with Crippen LogP contribution in [0, 0.1) is 0 Å². The molecule has 0 spiro atoms. The topological polar surface area (TPSA) is 62.3 Å². The second kappa shape index (κ2) is 8.47. The zero-order valence-corrected chi connectivity index (χ0v) is 18.3. The molecule has 1 aliphatic rings. The number of carbonyl (C=O) groups is 2. The molecule has 1 aliphatic heterocycles. The minimum absolute atomic E-state index is 0.0107. The van der Waals surface area contributed by atoms with E-state index in [0.717, 1.165) is 27.7 Å². The summed E-state index contributed by atoms with van der Waals surface area (Å²) in [6.45, 7) is 2.19. The van der Waals surface area contributed by atoms with Crippen molar-refractivity contribution >= 4 is 44.2 Å². The lowest BCUT2D eigenvalue weighted by Gasteiger charge is -2.36. The number of thiazole rings is 1. The summed E-state index contributed by atoms with van der Waals surface area (Å²) in [5.74, 6) is -0.156. The first-order chi connectivity index (χ1) is 14.0. The summed E-state index contributed by atoms with van der Waals surface area (Å²) in [5.41, 5.74) is 4.06. The van der Waals surface area contributed by atoms with Crippen molar-refractivity contribution in [3.8, 4) is 11.3 Å². The molecule has 0 bridgehead atoms. The summed E-state index contributed by atoms with van der Waals surface area (Å²) in [4.78, 5) is 31.2. The van der Waals surface area contributed by atoms with Crippen LogP contribution in [-0.4, -0.2) is 28.2 Å². The van der Waals surface area contributed by atoms with E-state index >= 15 is 0 Å². The summed E-state index contributed by atoms with van der Waals surface area (Å²) in [5, 5.41) is 5.39. The van der Waals surface area contributed by atoms with E-state index in [2.05, 4.69) is 32.3 Å². The Balaban J connectivity index is 1.50. The number of hydrogen-bond donors (Lipinski definition) is 1. The average molecular weight is 470 g/mol. The summed E-state index contributed by atoms with van der Waals surface area (Å²) >= 11 is 4.86. The number of benzene rings is 2. The number of nitrogens with one attached hydrogen (secondary N) is 1. The number of nitrogens with zero attached hydrogens (tertiary/aromatic N) is 2. The Kier molecular flexibility index (Phi) is 5.78. The lowest BCUT2D eigenvalue weighted by molar-refractivity contribution is -0.132. The highest BCUT2D eigenvalue weighted by Crippen LogP contribution is 2.33. The Hall–Kier alpha value is -2.51. The maximum Gasteiger partial charge on any atom is 0.228 e. The van der Waals surface area contributed by atoms with E-state index in [4.69, 9.17) is 0 Å². The molecule has 2 amide bonds. The number of anilines is 1. The molecule has 0 radical (unpaired) electrons. The third kappa shape index (κ3) is 4.41. The molecule has 0 saturated carbocycles. The minimum Gasteiger partial charge on any atom is -0.335 e. The number of aromatic nitrogens is 1. The van der Waals surface area contributed by atoms with Gasteiger partial charge in [0.1, 0.15) is 0 Å².